The lowest BCUT2D eigenvalue weighted by Crippen LogP contribution is -2.41. The van der Waals surface area contributed by atoms with Crippen molar-refractivity contribution in [2.24, 2.45) is 23.7 Å². The normalized spacial score (nSPS) is 29.3. The molecular weight excluding hydrogens is 294 g/mol. The fourth-order valence-corrected chi connectivity index (χ4v) is 3.82. The minimum Gasteiger partial charge on any atom is -0.497 e. The van der Waals surface area contributed by atoms with Gasteiger partial charge in [0.25, 0.3) is 0 Å². The number of ether oxygens (including phenoxy) is 1. The van der Waals surface area contributed by atoms with Crippen LogP contribution in [0.5, 0.6) is 5.75 Å². The summed E-state index contributed by atoms with van der Waals surface area (Å²) < 4.78 is 5.20. The summed E-state index contributed by atoms with van der Waals surface area (Å²) in [5.41, 5.74) is 0.934. The second-order valence-electron chi connectivity index (χ2n) is 6.35. The van der Waals surface area contributed by atoms with Crippen LogP contribution in [0.25, 0.3) is 0 Å². The van der Waals surface area contributed by atoms with Gasteiger partial charge in [-0.15, -0.1) is 0 Å². The third-order valence-electron chi connectivity index (χ3n) is 5.00. The van der Waals surface area contributed by atoms with Gasteiger partial charge in [0.15, 0.2) is 0 Å². The van der Waals surface area contributed by atoms with E-state index in [4.69, 9.17) is 4.74 Å². The third-order valence-corrected chi connectivity index (χ3v) is 5.00. The Hall–Kier alpha value is -2.30. The maximum atomic E-state index is 12.6. The van der Waals surface area contributed by atoms with Crippen LogP contribution in [0.1, 0.15) is 24.9 Å². The minimum absolute atomic E-state index is 0.0135. The maximum Gasteiger partial charge on any atom is 0.307 e. The summed E-state index contributed by atoms with van der Waals surface area (Å²) >= 11 is 0. The molecule has 1 amide bonds. The molecule has 0 aliphatic heterocycles. The fraction of sp³-hybridized carbons (Fsp3) is 0.444. The van der Waals surface area contributed by atoms with Crippen molar-refractivity contribution in [3.63, 3.8) is 0 Å². The predicted octanol–water partition coefficient (Wildman–Crippen LogP) is 2.40. The lowest BCUT2D eigenvalue weighted by Gasteiger charge is -2.26. The van der Waals surface area contributed by atoms with E-state index in [2.05, 4.69) is 5.32 Å². The van der Waals surface area contributed by atoms with Gasteiger partial charge in [-0.25, -0.2) is 0 Å². The second-order valence-corrected chi connectivity index (χ2v) is 6.35. The topological polar surface area (TPSA) is 75.6 Å². The number of methoxy groups -OCH3 is 1. The average Bonchev–Trinajstić information content (AvgIpc) is 3.15. The molecule has 0 radical (unpaired) electrons. The highest BCUT2D eigenvalue weighted by Gasteiger charge is 2.51. The molecule has 0 saturated heterocycles. The quantitative estimate of drug-likeness (QED) is 0.818. The SMILES string of the molecule is COc1cccc([C@@H](C)NC(=O)[C@H]2[C@@H](C(=O)O)[C@H]3C=C[C@H]2C3)c1. The molecule has 0 heterocycles. The third kappa shape index (κ3) is 2.83. The summed E-state index contributed by atoms with van der Waals surface area (Å²) in [7, 11) is 1.60. The Balaban J connectivity index is 1.73. The molecule has 23 heavy (non-hydrogen) atoms. The van der Waals surface area contributed by atoms with E-state index in [0.717, 1.165) is 17.7 Å². The number of amides is 1. The molecule has 0 spiro atoms. The Morgan fingerprint density at radius 3 is 2.61 bits per heavy atom. The van der Waals surface area contributed by atoms with Gasteiger partial charge in [0.1, 0.15) is 5.75 Å². The second kappa shape index (κ2) is 6.07. The van der Waals surface area contributed by atoms with Crippen LogP contribution < -0.4 is 10.1 Å². The lowest BCUT2D eigenvalue weighted by atomic mass is 9.82. The van der Waals surface area contributed by atoms with E-state index < -0.39 is 17.8 Å². The van der Waals surface area contributed by atoms with E-state index in [9.17, 15) is 14.7 Å². The predicted molar refractivity (Wildman–Crippen MR) is 84.9 cm³/mol. The van der Waals surface area contributed by atoms with Crippen molar-refractivity contribution in [3.8, 4) is 5.75 Å². The van der Waals surface area contributed by atoms with Crippen molar-refractivity contribution in [2.75, 3.05) is 7.11 Å². The number of carboxylic acids is 1. The molecule has 1 saturated carbocycles. The molecular formula is C18H21NO4. The highest BCUT2D eigenvalue weighted by Crippen LogP contribution is 2.48. The summed E-state index contributed by atoms with van der Waals surface area (Å²) in [4.78, 5) is 24.2. The van der Waals surface area contributed by atoms with Gasteiger partial charge in [-0.05, 0) is 42.9 Å². The van der Waals surface area contributed by atoms with E-state index in [1.54, 1.807) is 7.11 Å². The maximum absolute atomic E-state index is 12.6. The highest BCUT2D eigenvalue weighted by molar-refractivity contribution is 5.87. The average molecular weight is 315 g/mol. The highest BCUT2D eigenvalue weighted by atomic mass is 16.5. The molecule has 5 atom stereocenters. The first-order valence-electron chi connectivity index (χ1n) is 7.86. The van der Waals surface area contributed by atoms with Crippen LogP contribution in [0.2, 0.25) is 0 Å². The Kier molecular flexibility index (Phi) is 4.11. The molecule has 1 aromatic carbocycles. The number of benzene rings is 1. The first kappa shape index (κ1) is 15.6. The van der Waals surface area contributed by atoms with Gasteiger partial charge >= 0.3 is 5.97 Å². The standard InChI is InChI=1S/C18H21NO4/c1-10(11-4-3-5-14(9-11)23-2)19-17(20)15-12-6-7-13(8-12)16(15)18(21)22/h3-7,9-10,12-13,15-16H,8H2,1-2H3,(H,19,20)(H,21,22)/t10-,12+,13+,15-,16+/m1/s1. The van der Waals surface area contributed by atoms with Crippen molar-refractivity contribution >= 4 is 11.9 Å². The van der Waals surface area contributed by atoms with E-state index in [0.29, 0.717) is 0 Å². The van der Waals surface area contributed by atoms with Crippen molar-refractivity contribution in [3.05, 3.63) is 42.0 Å². The number of fused-ring (bicyclic) bond motifs is 2. The molecule has 1 fully saturated rings. The van der Waals surface area contributed by atoms with E-state index in [1.165, 1.54) is 0 Å². The monoisotopic (exact) mass is 315 g/mol. The van der Waals surface area contributed by atoms with Crippen LogP contribution in [0.4, 0.5) is 0 Å². The van der Waals surface area contributed by atoms with Crippen LogP contribution >= 0.6 is 0 Å². The number of hydrogen-bond acceptors (Lipinski definition) is 3. The van der Waals surface area contributed by atoms with Gasteiger partial charge < -0.3 is 15.2 Å². The molecule has 5 nitrogen and oxygen atoms in total. The van der Waals surface area contributed by atoms with Gasteiger partial charge in [0.05, 0.1) is 25.0 Å². The zero-order valence-corrected chi connectivity index (χ0v) is 13.2. The van der Waals surface area contributed by atoms with Crippen LogP contribution in [0.15, 0.2) is 36.4 Å². The van der Waals surface area contributed by atoms with Gasteiger partial charge in [-0.2, -0.15) is 0 Å². The molecule has 1 aromatic rings. The van der Waals surface area contributed by atoms with Gasteiger partial charge in [0, 0.05) is 0 Å². The number of nitrogens with one attached hydrogen (secondary N) is 1. The summed E-state index contributed by atoms with van der Waals surface area (Å²) in [6.45, 7) is 1.89. The summed E-state index contributed by atoms with van der Waals surface area (Å²) in [5.74, 6) is -1.38. The summed E-state index contributed by atoms with van der Waals surface area (Å²) in [5, 5.41) is 12.4. The molecule has 122 valence electrons. The number of aliphatic carboxylic acids is 1. The zero-order chi connectivity index (χ0) is 16.6. The molecule has 0 unspecified atom stereocenters. The number of rotatable bonds is 5. The Morgan fingerprint density at radius 2 is 1.96 bits per heavy atom. The number of carboxylic acid groups (broad SMARTS) is 1. The molecule has 3 rings (SSSR count). The lowest BCUT2D eigenvalue weighted by molar-refractivity contribution is -0.148. The molecule has 2 bridgehead atoms. The number of hydrogen-bond donors (Lipinski definition) is 2. The largest absolute Gasteiger partial charge is 0.497 e. The first-order chi connectivity index (χ1) is 11.0. The fourth-order valence-electron chi connectivity index (χ4n) is 3.82. The van der Waals surface area contributed by atoms with Gasteiger partial charge in [-0.3, -0.25) is 9.59 Å². The Labute approximate surface area is 135 Å². The van der Waals surface area contributed by atoms with Crippen LogP contribution in [-0.2, 0) is 9.59 Å². The Bertz CT molecular complexity index is 654. The Morgan fingerprint density at radius 1 is 1.26 bits per heavy atom. The summed E-state index contributed by atoms with van der Waals surface area (Å²) in [6.07, 6.45) is 4.70. The number of carbonyl (C=O) groups excluding carboxylic acids is 1. The molecule has 2 N–H and O–H groups in total. The molecule has 5 heteroatoms. The first-order valence-corrected chi connectivity index (χ1v) is 7.86. The van der Waals surface area contributed by atoms with Crippen LogP contribution in [0.3, 0.4) is 0 Å². The van der Waals surface area contributed by atoms with Gasteiger partial charge in [0.2, 0.25) is 5.91 Å². The molecule has 2 aliphatic rings. The number of allylic oxidation sites excluding steroid dienone is 2. The van der Waals surface area contributed by atoms with Crippen LogP contribution in [0, 0.1) is 23.7 Å². The zero-order valence-electron chi connectivity index (χ0n) is 13.2. The van der Waals surface area contributed by atoms with Crippen molar-refractivity contribution in [1.82, 2.24) is 5.32 Å². The van der Waals surface area contributed by atoms with E-state index in [-0.39, 0.29) is 23.8 Å². The van der Waals surface area contributed by atoms with Crippen molar-refractivity contribution in [2.45, 2.75) is 19.4 Å². The van der Waals surface area contributed by atoms with E-state index >= 15 is 0 Å². The van der Waals surface area contributed by atoms with Crippen molar-refractivity contribution < 1.29 is 19.4 Å². The molecule has 0 aromatic heterocycles. The number of carbonyl (C=O) groups is 2. The molecule has 2 aliphatic carbocycles. The van der Waals surface area contributed by atoms with Gasteiger partial charge in [-0.1, -0.05) is 24.3 Å². The smallest absolute Gasteiger partial charge is 0.307 e. The minimum atomic E-state index is -0.879. The van der Waals surface area contributed by atoms with Crippen LogP contribution in [-0.4, -0.2) is 24.1 Å². The van der Waals surface area contributed by atoms with E-state index in [1.807, 2.05) is 43.3 Å². The van der Waals surface area contributed by atoms with Crippen molar-refractivity contribution in [1.29, 1.82) is 0 Å². The summed E-state index contributed by atoms with van der Waals surface area (Å²) in [6, 6.07) is 7.31.